The summed E-state index contributed by atoms with van der Waals surface area (Å²) >= 11 is 2.13. The predicted molar refractivity (Wildman–Crippen MR) is 130 cm³/mol. The molecule has 2 aliphatic rings. The minimum atomic E-state index is -0.564. The Bertz CT molecular complexity index is 691. The van der Waals surface area contributed by atoms with Crippen molar-refractivity contribution in [2.75, 3.05) is 7.05 Å². The summed E-state index contributed by atoms with van der Waals surface area (Å²) in [5, 5.41) is 5.12. The van der Waals surface area contributed by atoms with Crippen molar-refractivity contribution < 1.29 is 0 Å². The molecule has 0 unspecified atom stereocenters. The molecule has 0 aliphatic heterocycles. The SMILES string of the molecule is C[C@@H]([C]1[CH][CH][CH][C]1SC1CCCCC1)N(C)P(c1ccccc1)c1ccccc1. The molecule has 2 saturated carbocycles. The van der Waals surface area contributed by atoms with Crippen LogP contribution < -0.4 is 10.6 Å². The normalized spacial score (nSPS) is 20.6. The van der Waals surface area contributed by atoms with Crippen LogP contribution in [0, 0.1) is 30.4 Å². The van der Waals surface area contributed by atoms with Gasteiger partial charge in [0.05, 0.1) is 0 Å². The highest BCUT2D eigenvalue weighted by atomic mass is 32.2. The van der Waals surface area contributed by atoms with E-state index in [1.54, 1.807) is 0 Å². The molecule has 0 aromatic heterocycles. The van der Waals surface area contributed by atoms with Gasteiger partial charge in [-0.3, -0.25) is 4.67 Å². The second kappa shape index (κ2) is 10.5. The van der Waals surface area contributed by atoms with Gasteiger partial charge in [-0.1, -0.05) is 79.9 Å². The number of nitrogens with zero attached hydrogens (tertiary/aromatic N) is 1. The van der Waals surface area contributed by atoms with Gasteiger partial charge in [-0.15, -0.1) is 11.8 Å². The van der Waals surface area contributed by atoms with Gasteiger partial charge in [-0.05, 0) is 56.7 Å². The van der Waals surface area contributed by atoms with Gasteiger partial charge in [0.1, 0.15) is 0 Å². The van der Waals surface area contributed by atoms with Crippen molar-refractivity contribution in [3.8, 4) is 0 Å². The van der Waals surface area contributed by atoms with Gasteiger partial charge in [0.2, 0.25) is 0 Å². The number of hydrogen-bond acceptors (Lipinski definition) is 2. The minimum Gasteiger partial charge on any atom is -0.274 e. The first-order valence-electron chi connectivity index (χ1n) is 10.8. The van der Waals surface area contributed by atoms with Gasteiger partial charge in [-0.25, -0.2) is 0 Å². The Hall–Kier alpha value is -0.820. The van der Waals surface area contributed by atoms with Crippen LogP contribution in [0.3, 0.4) is 0 Å². The van der Waals surface area contributed by atoms with Crippen LogP contribution in [-0.2, 0) is 0 Å². The Labute approximate surface area is 183 Å². The second-order valence-electron chi connectivity index (χ2n) is 7.96. The Morgan fingerprint density at radius 1 is 0.862 bits per heavy atom. The van der Waals surface area contributed by atoms with E-state index in [1.807, 2.05) is 0 Å². The molecule has 4 rings (SSSR count). The average Bonchev–Trinajstić information content (AvgIpc) is 3.23. The lowest BCUT2D eigenvalue weighted by Gasteiger charge is -2.38. The van der Waals surface area contributed by atoms with Crippen molar-refractivity contribution >= 4 is 30.4 Å². The first-order chi connectivity index (χ1) is 14.2. The second-order valence-corrected chi connectivity index (χ2v) is 11.6. The Balaban J connectivity index is 1.52. The molecule has 0 amide bonds. The molecule has 29 heavy (non-hydrogen) atoms. The highest BCUT2D eigenvalue weighted by Crippen LogP contribution is 2.51. The number of benzene rings is 2. The maximum Gasteiger partial charge on any atom is 0.0433 e. The molecule has 2 aromatic carbocycles. The highest BCUT2D eigenvalue weighted by Gasteiger charge is 2.39. The number of rotatable bonds is 7. The summed E-state index contributed by atoms with van der Waals surface area (Å²) in [6.45, 7) is 2.38. The van der Waals surface area contributed by atoms with Crippen LogP contribution in [0.5, 0.6) is 0 Å². The monoisotopic (exact) mass is 420 g/mol. The van der Waals surface area contributed by atoms with Crippen LogP contribution in [0.2, 0.25) is 0 Å². The van der Waals surface area contributed by atoms with Gasteiger partial charge in [-0.2, -0.15) is 0 Å². The lowest BCUT2D eigenvalue weighted by atomic mass is 9.99. The third-order valence-corrected chi connectivity index (χ3v) is 9.96. The van der Waals surface area contributed by atoms with Crippen LogP contribution in [0.25, 0.3) is 0 Å². The summed E-state index contributed by atoms with van der Waals surface area (Å²) in [5.41, 5.74) is 0. The minimum absolute atomic E-state index is 0.377. The molecule has 0 bridgehead atoms. The molecule has 0 N–H and O–H groups in total. The molecule has 2 aliphatic carbocycles. The topological polar surface area (TPSA) is 3.24 Å². The molecule has 1 atom stereocenters. The molecule has 1 nitrogen and oxygen atoms in total. The van der Waals surface area contributed by atoms with Crippen LogP contribution >= 0.6 is 19.8 Å². The van der Waals surface area contributed by atoms with Crippen molar-refractivity contribution in [3.63, 3.8) is 0 Å². The van der Waals surface area contributed by atoms with E-state index < -0.39 is 8.07 Å². The lowest BCUT2D eigenvalue weighted by Crippen LogP contribution is -2.37. The zero-order chi connectivity index (χ0) is 20.1. The molecular formula is C26H31NPS. The van der Waals surface area contributed by atoms with E-state index >= 15 is 0 Å². The average molecular weight is 421 g/mol. The van der Waals surface area contributed by atoms with Crippen LogP contribution in [-0.4, -0.2) is 23.0 Å². The molecular weight excluding hydrogens is 389 g/mol. The smallest absolute Gasteiger partial charge is 0.0433 e. The summed E-state index contributed by atoms with van der Waals surface area (Å²) < 4.78 is 2.60. The third kappa shape index (κ3) is 5.27. The molecule has 0 heterocycles. The van der Waals surface area contributed by atoms with E-state index in [9.17, 15) is 0 Å². The molecule has 151 valence electrons. The first-order valence-corrected chi connectivity index (χ1v) is 13.0. The van der Waals surface area contributed by atoms with E-state index in [2.05, 4.69) is 110 Å². The fourth-order valence-corrected chi connectivity index (χ4v) is 8.13. The van der Waals surface area contributed by atoms with Crippen molar-refractivity contribution in [2.45, 2.75) is 50.3 Å². The van der Waals surface area contributed by atoms with Gasteiger partial charge < -0.3 is 0 Å². The number of thioether (sulfide) groups is 1. The van der Waals surface area contributed by atoms with Crippen LogP contribution in [0.4, 0.5) is 0 Å². The Kier molecular flexibility index (Phi) is 7.73. The molecule has 3 heteroatoms. The highest BCUT2D eigenvalue weighted by molar-refractivity contribution is 8.03. The quantitative estimate of drug-likeness (QED) is 0.494. The van der Waals surface area contributed by atoms with E-state index in [0.29, 0.717) is 6.04 Å². The number of hydrogen-bond donors (Lipinski definition) is 0. The van der Waals surface area contributed by atoms with Gasteiger partial charge in [0.15, 0.2) is 0 Å². The van der Waals surface area contributed by atoms with Gasteiger partial charge in [0.25, 0.3) is 0 Å². The van der Waals surface area contributed by atoms with E-state index in [4.69, 9.17) is 0 Å². The predicted octanol–water partition coefficient (Wildman–Crippen LogP) is 6.15. The summed E-state index contributed by atoms with van der Waals surface area (Å²) in [7, 11) is 1.74. The summed E-state index contributed by atoms with van der Waals surface area (Å²) in [6.07, 6.45) is 13.9. The van der Waals surface area contributed by atoms with E-state index in [0.717, 1.165) is 5.25 Å². The molecule has 0 spiro atoms. The van der Waals surface area contributed by atoms with Crippen LogP contribution in [0.15, 0.2) is 60.7 Å². The molecule has 2 fully saturated rings. The lowest BCUT2D eigenvalue weighted by molar-refractivity contribution is 0.453. The van der Waals surface area contributed by atoms with Crippen molar-refractivity contribution in [3.05, 3.63) is 91.1 Å². The maximum atomic E-state index is 2.60. The van der Waals surface area contributed by atoms with E-state index in [-0.39, 0.29) is 0 Å². The van der Waals surface area contributed by atoms with Gasteiger partial charge in [0, 0.05) is 30.5 Å². The van der Waals surface area contributed by atoms with Gasteiger partial charge >= 0.3 is 0 Å². The molecule has 0 saturated heterocycles. The van der Waals surface area contributed by atoms with Crippen molar-refractivity contribution in [1.82, 2.24) is 4.67 Å². The van der Waals surface area contributed by atoms with Crippen LogP contribution in [0.1, 0.15) is 39.0 Å². The molecule has 5 radical (unpaired) electrons. The summed E-state index contributed by atoms with van der Waals surface area (Å²) in [6, 6.07) is 22.4. The standard InChI is InChI=1S/C26H31NPS/c1-21(25-19-12-20-26(25)29-24-17-10-5-11-18-24)27(2)28(22-13-6-3-7-14-22)23-15-8-4-9-16-23/h3-4,6-9,12-16,19-21,24H,5,10-11,17-18H2,1-2H3/t21-/m0/s1. The Morgan fingerprint density at radius 3 is 2.03 bits per heavy atom. The first kappa shape index (κ1) is 21.4. The summed E-state index contributed by atoms with van der Waals surface area (Å²) in [5.74, 6) is 1.49. The third-order valence-electron chi connectivity index (χ3n) is 5.98. The maximum absolute atomic E-state index is 2.60. The van der Waals surface area contributed by atoms with Crippen molar-refractivity contribution in [1.29, 1.82) is 0 Å². The van der Waals surface area contributed by atoms with Crippen molar-refractivity contribution in [2.24, 2.45) is 0 Å². The Morgan fingerprint density at radius 2 is 1.45 bits per heavy atom. The summed E-state index contributed by atoms with van der Waals surface area (Å²) in [4.78, 5) is 0. The molecule has 2 aromatic rings. The largest absolute Gasteiger partial charge is 0.274 e. The fourth-order valence-electron chi connectivity index (χ4n) is 4.26. The fraction of sp³-hybridized carbons (Fsp3) is 0.346. The zero-order valence-electron chi connectivity index (χ0n) is 17.5. The van der Waals surface area contributed by atoms with E-state index in [1.165, 1.54) is 53.9 Å². The zero-order valence-corrected chi connectivity index (χ0v) is 19.2.